The SMILES string of the molecule is Cn1cc(/C=C2\SC(=O)N(c3ccc(F)cc3)C2=O)c2ccccc21. The highest BCUT2D eigenvalue weighted by atomic mass is 32.2. The minimum Gasteiger partial charge on any atom is -0.350 e. The Bertz CT molecular complexity index is 1040. The number of aromatic nitrogens is 1. The van der Waals surface area contributed by atoms with Gasteiger partial charge in [0.15, 0.2) is 0 Å². The molecule has 0 N–H and O–H groups in total. The minimum atomic E-state index is -0.415. The number of para-hydroxylation sites is 1. The number of imide groups is 1. The number of nitrogens with zero attached hydrogens (tertiary/aromatic N) is 2. The molecule has 0 radical (unpaired) electrons. The van der Waals surface area contributed by atoms with Gasteiger partial charge < -0.3 is 4.57 Å². The van der Waals surface area contributed by atoms with Crippen LogP contribution in [0.1, 0.15) is 5.56 Å². The van der Waals surface area contributed by atoms with Crippen LogP contribution in [0.15, 0.2) is 59.6 Å². The van der Waals surface area contributed by atoms with Crippen LogP contribution < -0.4 is 4.90 Å². The number of thioether (sulfide) groups is 1. The van der Waals surface area contributed by atoms with Crippen molar-refractivity contribution in [1.29, 1.82) is 0 Å². The van der Waals surface area contributed by atoms with E-state index in [1.807, 2.05) is 42.1 Å². The van der Waals surface area contributed by atoms with Gasteiger partial charge in [0.25, 0.3) is 11.1 Å². The first kappa shape index (κ1) is 15.7. The number of anilines is 1. The molecule has 1 saturated heterocycles. The smallest absolute Gasteiger partial charge is 0.298 e. The molecule has 25 heavy (non-hydrogen) atoms. The van der Waals surface area contributed by atoms with Crippen LogP contribution in [0.2, 0.25) is 0 Å². The summed E-state index contributed by atoms with van der Waals surface area (Å²) in [6, 6.07) is 13.2. The number of amides is 2. The normalized spacial score (nSPS) is 16.4. The fourth-order valence-corrected chi connectivity index (χ4v) is 3.74. The van der Waals surface area contributed by atoms with E-state index in [4.69, 9.17) is 0 Å². The van der Waals surface area contributed by atoms with Gasteiger partial charge in [-0.25, -0.2) is 9.29 Å². The van der Waals surface area contributed by atoms with Crippen LogP contribution in [-0.4, -0.2) is 15.7 Å². The van der Waals surface area contributed by atoms with Crippen molar-refractivity contribution in [2.75, 3.05) is 4.90 Å². The summed E-state index contributed by atoms with van der Waals surface area (Å²) in [5, 5.41) is 0.627. The molecule has 0 bridgehead atoms. The van der Waals surface area contributed by atoms with Crippen LogP contribution >= 0.6 is 11.8 Å². The Hall–Kier alpha value is -2.86. The molecule has 1 aromatic heterocycles. The van der Waals surface area contributed by atoms with Gasteiger partial charge in [-0.1, -0.05) is 18.2 Å². The standard InChI is InChI=1S/C19H13FN2O2S/c1-21-11-12(15-4-2-3-5-16(15)21)10-17-18(23)22(19(24)25-17)14-8-6-13(20)7-9-14/h2-11H,1H3/b17-10-. The Morgan fingerprint density at radius 2 is 1.76 bits per heavy atom. The van der Waals surface area contributed by atoms with E-state index in [0.29, 0.717) is 10.6 Å². The number of rotatable bonds is 2. The van der Waals surface area contributed by atoms with Crippen LogP contribution in [0, 0.1) is 5.82 Å². The van der Waals surface area contributed by atoms with Crippen molar-refractivity contribution >= 4 is 45.6 Å². The molecule has 1 aliphatic heterocycles. The summed E-state index contributed by atoms with van der Waals surface area (Å²) in [4.78, 5) is 26.4. The summed E-state index contributed by atoms with van der Waals surface area (Å²) in [6.45, 7) is 0. The Balaban J connectivity index is 1.74. The maximum absolute atomic E-state index is 13.1. The van der Waals surface area contributed by atoms with Crippen molar-refractivity contribution in [3.05, 3.63) is 71.0 Å². The maximum atomic E-state index is 13.1. The van der Waals surface area contributed by atoms with E-state index >= 15 is 0 Å². The lowest BCUT2D eigenvalue weighted by Crippen LogP contribution is -2.27. The first-order valence-corrected chi connectivity index (χ1v) is 8.44. The molecule has 2 heterocycles. The zero-order valence-electron chi connectivity index (χ0n) is 13.3. The van der Waals surface area contributed by atoms with Gasteiger partial charge in [0.05, 0.1) is 10.6 Å². The lowest BCUT2D eigenvalue weighted by atomic mass is 10.1. The Morgan fingerprint density at radius 1 is 1.04 bits per heavy atom. The van der Waals surface area contributed by atoms with Crippen LogP contribution in [-0.2, 0) is 11.8 Å². The zero-order valence-corrected chi connectivity index (χ0v) is 14.1. The van der Waals surface area contributed by atoms with Gasteiger partial charge in [-0.15, -0.1) is 0 Å². The number of benzene rings is 2. The summed E-state index contributed by atoms with van der Waals surface area (Å²) < 4.78 is 15.1. The summed E-state index contributed by atoms with van der Waals surface area (Å²) in [5.41, 5.74) is 2.29. The van der Waals surface area contributed by atoms with Gasteiger partial charge in [0.2, 0.25) is 0 Å². The van der Waals surface area contributed by atoms with Crippen LogP contribution in [0.5, 0.6) is 0 Å². The lowest BCUT2D eigenvalue weighted by molar-refractivity contribution is -0.113. The maximum Gasteiger partial charge on any atom is 0.298 e. The predicted molar refractivity (Wildman–Crippen MR) is 97.8 cm³/mol. The molecule has 1 aliphatic rings. The van der Waals surface area contributed by atoms with Crippen molar-refractivity contribution in [3.63, 3.8) is 0 Å². The molecule has 0 unspecified atom stereocenters. The quantitative estimate of drug-likeness (QED) is 0.635. The minimum absolute atomic E-state index is 0.352. The van der Waals surface area contributed by atoms with Crippen molar-refractivity contribution in [1.82, 2.24) is 4.57 Å². The predicted octanol–water partition coefficient (Wildman–Crippen LogP) is 4.56. The summed E-state index contributed by atoms with van der Waals surface area (Å²) >= 11 is 0.889. The molecule has 2 amide bonds. The molecular formula is C19H13FN2O2S. The number of hydrogen-bond donors (Lipinski definition) is 0. The first-order chi connectivity index (χ1) is 12.0. The van der Waals surface area contributed by atoms with Gasteiger partial charge in [0.1, 0.15) is 5.82 Å². The van der Waals surface area contributed by atoms with Crippen LogP contribution in [0.25, 0.3) is 17.0 Å². The number of aryl methyl sites for hydroxylation is 1. The van der Waals surface area contributed by atoms with E-state index in [9.17, 15) is 14.0 Å². The molecule has 124 valence electrons. The molecule has 4 nitrogen and oxygen atoms in total. The fraction of sp³-hybridized carbons (Fsp3) is 0.0526. The van der Waals surface area contributed by atoms with Gasteiger partial charge in [-0.05, 0) is 48.2 Å². The van der Waals surface area contributed by atoms with Crippen molar-refractivity contribution in [3.8, 4) is 0 Å². The van der Waals surface area contributed by atoms with E-state index in [1.54, 1.807) is 6.08 Å². The van der Waals surface area contributed by atoms with Gasteiger partial charge in [-0.3, -0.25) is 9.59 Å². The second-order valence-electron chi connectivity index (χ2n) is 5.71. The van der Waals surface area contributed by atoms with Crippen molar-refractivity contribution in [2.24, 2.45) is 7.05 Å². The van der Waals surface area contributed by atoms with Crippen molar-refractivity contribution in [2.45, 2.75) is 0 Å². The third-order valence-electron chi connectivity index (χ3n) is 4.09. The third kappa shape index (κ3) is 2.64. The highest BCUT2D eigenvalue weighted by molar-refractivity contribution is 8.19. The topological polar surface area (TPSA) is 42.3 Å². The molecule has 1 fully saturated rings. The molecule has 0 saturated carbocycles. The summed E-state index contributed by atoms with van der Waals surface area (Å²) in [7, 11) is 1.93. The Kier molecular flexibility index (Phi) is 3.69. The fourth-order valence-electron chi connectivity index (χ4n) is 2.91. The number of fused-ring (bicyclic) bond motifs is 1. The molecule has 0 aliphatic carbocycles. The second kappa shape index (κ2) is 5.89. The third-order valence-corrected chi connectivity index (χ3v) is 4.96. The average Bonchev–Trinajstić information content (AvgIpc) is 3.06. The molecule has 0 atom stereocenters. The summed E-state index contributed by atoms with van der Waals surface area (Å²) in [6.07, 6.45) is 3.66. The van der Waals surface area contributed by atoms with E-state index in [0.717, 1.165) is 33.1 Å². The number of halogens is 1. The summed E-state index contributed by atoms with van der Waals surface area (Å²) in [5.74, 6) is -0.809. The molecule has 2 aromatic carbocycles. The van der Waals surface area contributed by atoms with Gasteiger partial charge in [0, 0.05) is 29.7 Å². The number of carbonyl (C=O) groups is 2. The van der Waals surface area contributed by atoms with E-state index in [-0.39, 0.29) is 5.24 Å². The molecule has 3 aromatic rings. The Labute approximate surface area is 147 Å². The van der Waals surface area contributed by atoms with Gasteiger partial charge >= 0.3 is 0 Å². The number of carbonyl (C=O) groups excluding carboxylic acids is 2. The molecule has 6 heteroatoms. The second-order valence-corrected chi connectivity index (χ2v) is 6.70. The molecule has 4 rings (SSSR count). The molecular weight excluding hydrogens is 339 g/mol. The lowest BCUT2D eigenvalue weighted by Gasteiger charge is -2.11. The van der Waals surface area contributed by atoms with Gasteiger partial charge in [-0.2, -0.15) is 0 Å². The largest absolute Gasteiger partial charge is 0.350 e. The van der Waals surface area contributed by atoms with E-state index in [2.05, 4.69) is 0 Å². The first-order valence-electron chi connectivity index (χ1n) is 7.62. The highest BCUT2D eigenvalue weighted by Crippen LogP contribution is 2.36. The average molecular weight is 352 g/mol. The van der Waals surface area contributed by atoms with Crippen LogP contribution in [0.4, 0.5) is 14.9 Å². The number of hydrogen-bond acceptors (Lipinski definition) is 3. The monoisotopic (exact) mass is 352 g/mol. The van der Waals surface area contributed by atoms with E-state index in [1.165, 1.54) is 24.3 Å². The van der Waals surface area contributed by atoms with E-state index < -0.39 is 11.7 Å². The zero-order chi connectivity index (χ0) is 17.6. The molecule has 0 spiro atoms. The van der Waals surface area contributed by atoms with Crippen molar-refractivity contribution < 1.29 is 14.0 Å². The van der Waals surface area contributed by atoms with Crippen LogP contribution in [0.3, 0.4) is 0 Å². The Morgan fingerprint density at radius 3 is 2.52 bits per heavy atom. The highest BCUT2D eigenvalue weighted by Gasteiger charge is 2.36.